The number of aromatic nitrogens is 3. The maximum Gasteiger partial charge on any atom is 0.232 e. The van der Waals surface area contributed by atoms with E-state index in [4.69, 9.17) is 4.74 Å². The molecule has 23 heavy (non-hydrogen) atoms. The molecular formula is C16H28N6O. The number of morpholine rings is 1. The molecule has 1 saturated heterocycles. The highest BCUT2D eigenvalue weighted by Gasteiger charge is 2.21. The van der Waals surface area contributed by atoms with Crippen molar-refractivity contribution in [1.82, 2.24) is 15.0 Å². The summed E-state index contributed by atoms with van der Waals surface area (Å²) in [5, 5.41) is 6.85. The highest BCUT2D eigenvalue weighted by molar-refractivity contribution is 5.45. The average Bonchev–Trinajstić information content (AvgIpc) is 2.99. The van der Waals surface area contributed by atoms with E-state index in [-0.39, 0.29) is 5.54 Å². The largest absolute Gasteiger partial charge is 0.378 e. The second-order valence-electron chi connectivity index (χ2n) is 7.38. The molecule has 1 aliphatic carbocycles. The number of nitrogens with zero attached hydrogens (tertiary/aromatic N) is 4. The molecule has 7 nitrogen and oxygen atoms in total. The fraction of sp³-hybridized carbons (Fsp3) is 0.812. The van der Waals surface area contributed by atoms with E-state index < -0.39 is 0 Å². The van der Waals surface area contributed by atoms with Gasteiger partial charge in [-0.05, 0) is 33.6 Å². The zero-order valence-corrected chi connectivity index (χ0v) is 14.4. The lowest BCUT2D eigenvalue weighted by atomic mass is 10.1. The van der Waals surface area contributed by atoms with Crippen LogP contribution in [0.2, 0.25) is 0 Å². The van der Waals surface area contributed by atoms with Crippen LogP contribution in [0, 0.1) is 0 Å². The fourth-order valence-electron chi connectivity index (χ4n) is 2.98. The molecule has 0 bridgehead atoms. The molecule has 2 heterocycles. The van der Waals surface area contributed by atoms with Gasteiger partial charge in [0, 0.05) is 24.7 Å². The summed E-state index contributed by atoms with van der Waals surface area (Å²) in [5.74, 6) is 2.05. The first-order chi connectivity index (χ1) is 11.0. The van der Waals surface area contributed by atoms with Gasteiger partial charge in [0.1, 0.15) is 0 Å². The van der Waals surface area contributed by atoms with Gasteiger partial charge in [-0.1, -0.05) is 12.8 Å². The predicted molar refractivity (Wildman–Crippen MR) is 92.1 cm³/mol. The van der Waals surface area contributed by atoms with Crippen LogP contribution in [0.4, 0.5) is 17.8 Å². The van der Waals surface area contributed by atoms with E-state index in [0.29, 0.717) is 17.9 Å². The molecule has 1 aliphatic heterocycles. The number of ether oxygens (including phenoxy) is 1. The Balaban J connectivity index is 1.82. The zero-order chi connectivity index (χ0) is 16.3. The Morgan fingerprint density at radius 2 is 1.65 bits per heavy atom. The lowest BCUT2D eigenvalue weighted by Crippen LogP contribution is -2.38. The molecule has 2 fully saturated rings. The normalized spacial score (nSPS) is 19.9. The van der Waals surface area contributed by atoms with Gasteiger partial charge in [-0.25, -0.2) is 0 Å². The standard InChI is InChI=1S/C16H28N6O/c1-16(2,3)21-14-18-13(17-12-6-4-5-7-12)19-15(20-14)22-8-10-23-11-9-22/h12H,4-11H2,1-3H3,(H2,17,18,19,20,21). The fourth-order valence-corrected chi connectivity index (χ4v) is 2.98. The molecule has 1 saturated carbocycles. The minimum Gasteiger partial charge on any atom is -0.378 e. The minimum atomic E-state index is -0.0890. The van der Waals surface area contributed by atoms with Crippen molar-refractivity contribution in [1.29, 1.82) is 0 Å². The van der Waals surface area contributed by atoms with Gasteiger partial charge in [-0.15, -0.1) is 0 Å². The van der Waals surface area contributed by atoms with Crippen LogP contribution >= 0.6 is 0 Å². The molecule has 0 unspecified atom stereocenters. The average molecular weight is 320 g/mol. The van der Waals surface area contributed by atoms with Gasteiger partial charge in [0.05, 0.1) is 13.2 Å². The molecule has 0 atom stereocenters. The van der Waals surface area contributed by atoms with E-state index >= 15 is 0 Å². The lowest BCUT2D eigenvalue weighted by Gasteiger charge is -2.28. The highest BCUT2D eigenvalue weighted by Crippen LogP contribution is 2.23. The van der Waals surface area contributed by atoms with Gasteiger partial charge in [0.15, 0.2) is 0 Å². The van der Waals surface area contributed by atoms with E-state index in [2.05, 4.69) is 51.3 Å². The number of anilines is 3. The van der Waals surface area contributed by atoms with Crippen molar-refractivity contribution in [3.63, 3.8) is 0 Å². The highest BCUT2D eigenvalue weighted by atomic mass is 16.5. The second-order valence-corrected chi connectivity index (χ2v) is 7.38. The number of hydrogen-bond donors (Lipinski definition) is 2. The first kappa shape index (κ1) is 16.2. The Kier molecular flexibility index (Phi) is 4.84. The summed E-state index contributed by atoms with van der Waals surface area (Å²) >= 11 is 0. The molecule has 0 amide bonds. The minimum absolute atomic E-state index is 0.0890. The molecule has 0 aromatic carbocycles. The Morgan fingerprint density at radius 1 is 1.00 bits per heavy atom. The van der Waals surface area contributed by atoms with E-state index in [1.807, 2.05) is 0 Å². The van der Waals surface area contributed by atoms with Gasteiger partial charge in [-0.2, -0.15) is 15.0 Å². The molecule has 1 aromatic rings. The van der Waals surface area contributed by atoms with Crippen molar-refractivity contribution in [3.05, 3.63) is 0 Å². The Morgan fingerprint density at radius 3 is 2.30 bits per heavy atom. The van der Waals surface area contributed by atoms with Crippen LogP contribution < -0.4 is 15.5 Å². The lowest BCUT2D eigenvalue weighted by molar-refractivity contribution is 0.122. The van der Waals surface area contributed by atoms with Crippen molar-refractivity contribution in [3.8, 4) is 0 Å². The number of nitrogens with one attached hydrogen (secondary N) is 2. The van der Waals surface area contributed by atoms with E-state index in [1.54, 1.807) is 0 Å². The summed E-state index contributed by atoms with van der Waals surface area (Å²) in [6.07, 6.45) is 4.96. The third-order valence-electron chi connectivity index (χ3n) is 4.09. The molecule has 128 valence electrons. The summed E-state index contributed by atoms with van der Waals surface area (Å²) in [6, 6.07) is 0.484. The molecule has 0 radical (unpaired) electrons. The number of hydrogen-bond acceptors (Lipinski definition) is 7. The molecule has 1 aromatic heterocycles. The van der Waals surface area contributed by atoms with Gasteiger partial charge in [-0.3, -0.25) is 0 Å². The van der Waals surface area contributed by atoms with Crippen molar-refractivity contribution < 1.29 is 4.74 Å². The second kappa shape index (κ2) is 6.86. The van der Waals surface area contributed by atoms with Crippen molar-refractivity contribution in [2.24, 2.45) is 0 Å². The van der Waals surface area contributed by atoms with E-state index in [0.717, 1.165) is 32.3 Å². The Hall–Kier alpha value is -1.63. The summed E-state index contributed by atoms with van der Waals surface area (Å²) in [5.41, 5.74) is -0.0890. The summed E-state index contributed by atoms with van der Waals surface area (Å²) in [6.45, 7) is 9.40. The van der Waals surface area contributed by atoms with Crippen LogP contribution in [0.15, 0.2) is 0 Å². The molecule has 2 aliphatic rings. The van der Waals surface area contributed by atoms with Gasteiger partial charge in [0.2, 0.25) is 17.8 Å². The predicted octanol–water partition coefficient (Wildman–Crippen LogP) is 2.27. The third-order valence-corrected chi connectivity index (χ3v) is 4.09. The molecule has 7 heteroatoms. The number of rotatable bonds is 4. The maximum atomic E-state index is 5.43. The van der Waals surface area contributed by atoms with Crippen LogP contribution in [0.3, 0.4) is 0 Å². The monoisotopic (exact) mass is 320 g/mol. The SMILES string of the molecule is CC(C)(C)Nc1nc(NC2CCCC2)nc(N2CCOCC2)n1. The summed E-state index contributed by atoms with van der Waals surface area (Å²) < 4.78 is 5.43. The topological polar surface area (TPSA) is 75.2 Å². The maximum absolute atomic E-state index is 5.43. The van der Waals surface area contributed by atoms with Gasteiger partial charge < -0.3 is 20.3 Å². The van der Waals surface area contributed by atoms with E-state index in [9.17, 15) is 0 Å². The zero-order valence-electron chi connectivity index (χ0n) is 14.4. The van der Waals surface area contributed by atoms with Crippen LogP contribution in [-0.2, 0) is 4.74 Å². The van der Waals surface area contributed by atoms with Crippen molar-refractivity contribution in [2.45, 2.75) is 58.0 Å². The van der Waals surface area contributed by atoms with Crippen LogP contribution in [-0.4, -0.2) is 52.8 Å². The van der Waals surface area contributed by atoms with E-state index in [1.165, 1.54) is 25.7 Å². The Bertz CT molecular complexity index is 518. The van der Waals surface area contributed by atoms with Crippen LogP contribution in [0.5, 0.6) is 0 Å². The van der Waals surface area contributed by atoms with Crippen molar-refractivity contribution in [2.75, 3.05) is 41.8 Å². The van der Waals surface area contributed by atoms with Crippen LogP contribution in [0.1, 0.15) is 46.5 Å². The Labute approximate surface area is 138 Å². The quantitative estimate of drug-likeness (QED) is 0.881. The van der Waals surface area contributed by atoms with Crippen molar-refractivity contribution >= 4 is 17.8 Å². The summed E-state index contributed by atoms with van der Waals surface area (Å²) in [7, 11) is 0. The first-order valence-electron chi connectivity index (χ1n) is 8.63. The molecular weight excluding hydrogens is 292 g/mol. The van der Waals surface area contributed by atoms with Gasteiger partial charge in [0.25, 0.3) is 0 Å². The molecule has 2 N–H and O–H groups in total. The van der Waals surface area contributed by atoms with Crippen LogP contribution in [0.25, 0.3) is 0 Å². The smallest absolute Gasteiger partial charge is 0.232 e. The van der Waals surface area contributed by atoms with Gasteiger partial charge >= 0.3 is 0 Å². The summed E-state index contributed by atoms with van der Waals surface area (Å²) in [4.78, 5) is 16.0. The molecule has 0 spiro atoms. The molecule has 3 rings (SSSR count). The first-order valence-corrected chi connectivity index (χ1v) is 8.63. The third kappa shape index (κ3) is 4.67.